The molecule has 2 saturated heterocycles. The molecule has 2 aliphatic rings. The smallest absolute Gasteiger partial charge is 0.239 e. The molecule has 0 spiro atoms. The van der Waals surface area contributed by atoms with Gasteiger partial charge in [-0.2, -0.15) is 0 Å². The number of halogens is 2. The predicted molar refractivity (Wildman–Crippen MR) is 102 cm³/mol. The van der Waals surface area contributed by atoms with Gasteiger partial charge in [-0.15, -0.1) is 12.4 Å². The largest absolute Gasteiger partial charge is 0.341 e. The van der Waals surface area contributed by atoms with Gasteiger partial charge in [0.15, 0.2) is 0 Å². The fourth-order valence-corrected chi connectivity index (χ4v) is 4.17. The molecule has 140 valence electrons. The number of hydrogen-bond donors (Lipinski definition) is 0. The number of likely N-dealkylation sites (N-methyl/N-ethyl adjacent to an activating group) is 1. The standard InChI is InChI=1S/C20H29FN2O.ClH/c1-2-22-12-4-3-5-19(22)20(24)23-13-10-17(11-14-23)15-16-6-8-18(21)9-7-16;/h6-9,17,19H,2-5,10-15H2,1H3;1H/t19-;/m0./s1. The summed E-state index contributed by atoms with van der Waals surface area (Å²) < 4.78 is 13.0. The zero-order valence-corrected chi connectivity index (χ0v) is 15.9. The van der Waals surface area contributed by atoms with E-state index in [2.05, 4.69) is 16.7 Å². The molecule has 3 rings (SSSR count). The van der Waals surface area contributed by atoms with Gasteiger partial charge < -0.3 is 4.90 Å². The fourth-order valence-electron chi connectivity index (χ4n) is 4.17. The average Bonchev–Trinajstić information content (AvgIpc) is 2.63. The quantitative estimate of drug-likeness (QED) is 0.804. The molecule has 1 aromatic rings. The molecule has 2 heterocycles. The Kier molecular flexibility index (Phi) is 7.70. The van der Waals surface area contributed by atoms with Gasteiger partial charge in [0, 0.05) is 13.1 Å². The second-order valence-corrected chi connectivity index (χ2v) is 7.24. The van der Waals surface area contributed by atoms with Crippen molar-refractivity contribution in [3.63, 3.8) is 0 Å². The highest BCUT2D eigenvalue weighted by Crippen LogP contribution is 2.25. The summed E-state index contributed by atoms with van der Waals surface area (Å²) in [6.45, 7) is 5.93. The van der Waals surface area contributed by atoms with Crippen molar-refractivity contribution in [2.24, 2.45) is 5.92 Å². The molecule has 0 unspecified atom stereocenters. The lowest BCUT2D eigenvalue weighted by Crippen LogP contribution is -2.52. The Morgan fingerprint density at radius 1 is 1.08 bits per heavy atom. The first kappa shape index (κ1) is 20.2. The maximum atomic E-state index is 13.0. The van der Waals surface area contributed by atoms with E-state index in [1.54, 1.807) is 0 Å². The van der Waals surface area contributed by atoms with Crippen LogP contribution in [0.25, 0.3) is 0 Å². The highest BCUT2D eigenvalue weighted by molar-refractivity contribution is 5.85. The molecule has 3 nitrogen and oxygen atoms in total. The molecule has 25 heavy (non-hydrogen) atoms. The van der Waals surface area contributed by atoms with E-state index in [0.29, 0.717) is 11.8 Å². The molecule has 0 radical (unpaired) electrons. The number of piperidine rings is 2. The lowest BCUT2D eigenvalue weighted by Gasteiger charge is -2.39. The highest BCUT2D eigenvalue weighted by atomic mass is 35.5. The molecule has 0 saturated carbocycles. The lowest BCUT2D eigenvalue weighted by molar-refractivity contribution is -0.139. The van der Waals surface area contributed by atoms with Crippen LogP contribution in [0.3, 0.4) is 0 Å². The van der Waals surface area contributed by atoms with Crippen LogP contribution in [-0.4, -0.2) is 47.9 Å². The molecule has 0 aliphatic carbocycles. The minimum Gasteiger partial charge on any atom is -0.341 e. The second-order valence-electron chi connectivity index (χ2n) is 7.24. The van der Waals surface area contributed by atoms with Crippen molar-refractivity contribution in [3.8, 4) is 0 Å². The van der Waals surface area contributed by atoms with Gasteiger partial charge in [-0.25, -0.2) is 4.39 Å². The topological polar surface area (TPSA) is 23.6 Å². The molecule has 0 bridgehead atoms. The Bertz CT molecular complexity index is 543. The molecule has 5 heteroatoms. The molecule has 2 fully saturated rings. The fraction of sp³-hybridized carbons (Fsp3) is 0.650. The maximum Gasteiger partial charge on any atom is 0.239 e. The van der Waals surface area contributed by atoms with Crippen LogP contribution >= 0.6 is 12.4 Å². The predicted octanol–water partition coefficient (Wildman–Crippen LogP) is 3.90. The first-order chi connectivity index (χ1) is 11.7. The van der Waals surface area contributed by atoms with E-state index in [1.165, 1.54) is 30.5 Å². The molecule has 1 amide bonds. The molecular formula is C20H30ClFN2O. The summed E-state index contributed by atoms with van der Waals surface area (Å²) in [5.41, 5.74) is 1.20. The van der Waals surface area contributed by atoms with Crippen molar-refractivity contribution in [3.05, 3.63) is 35.6 Å². The first-order valence-corrected chi connectivity index (χ1v) is 9.44. The van der Waals surface area contributed by atoms with Crippen molar-refractivity contribution in [1.82, 2.24) is 9.80 Å². The van der Waals surface area contributed by atoms with Crippen LogP contribution in [0.5, 0.6) is 0 Å². The van der Waals surface area contributed by atoms with E-state index in [4.69, 9.17) is 0 Å². The summed E-state index contributed by atoms with van der Waals surface area (Å²) in [6.07, 6.45) is 6.52. The van der Waals surface area contributed by atoms with E-state index in [0.717, 1.165) is 51.9 Å². The van der Waals surface area contributed by atoms with Crippen LogP contribution in [-0.2, 0) is 11.2 Å². The number of nitrogens with zero attached hydrogens (tertiary/aromatic N) is 2. The SMILES string of the molecule is CCN1CCCC[C@H]1C(=O)N1CCC(Cc2ccc(F)cc2)CC1.Cl. The average molecular weight is 369 g/mol. The number of rotatable bonds is 4. The molecule has 2 aliphatic heterocycles. The normalized spacial score (nSPS) is 22.5. The third-order valence-electron chi connectivity index (χ3n) is 5.67. The Morgan fingerprint density at radius 2 is 1.76 bits per heavy atom. The summed E-state index contributed by atoms with van der Waals surface area (Å²) in [5, 5.41) is 0. The van der Waals surface area contributed by atoms with E-state index in [1.807, 2.05) is 12.1 Å². The summed E-state index contributed by atoms with van der Waals surface area (Å²) in [5.74, 6) is 0.775. The van der Waals surface area contributed by atoms with Crippen LogP contribution < -0.4 is 0 Å². The second kappa shape index (κ2) is 9.54. The van der Waals surface area contributed by atoms with Gasteiger partial charge in [0.2, 0.25) is 5.91 Å². The number of carbonyl (C=O) groups is 1. The van der Waals surface area contributed by atoms with Crippen molar-refractivity contribution >= 4 is 18.3 Å². The Labute approximate surface area is 157 Å². The van der Waals surface area contributed by atoms with Crippen LogP contribution in [0.15, 0.2) is 24.3 Å². The first-order valence-electron chi connectivity index (χ1n) is 9.44. The summed E-state index contributed by atoms with van der Waals surface area (Å²) in [6, 6.07) is 6.95. The summed E-state index contributed by atoms with van der Waals surface area (Å²) in [4.78, 5) is 17.3. The van der Waals surface area contributed by atoms with Crippen molar-refractivity contribution in [1.29, 1.82) is 0 Å². The van der Waals surface area contributed by atoms with Gasteiger partial charge in [-0.05, 0) is 68.8 Å². The third-order valence-corrected chi connectivity index (χ3v) is 5.67. The molecule has 1 aromatic carbocycles. The van der Waals surface area contributed by atoms with Gasteiger partial charge >= 0.3 is 0 Å². The maximum absolute atomic E-state index is 13.0. The molecule has 1 atom stereocenters. The molecular weight excluding hydrogens is 339 g/mol. The third kappa shape index (κ3) is 5.18. The summed E-state index contributed by atoms with van der Waals surface area (Å²) >= 11 is 0. The zero-order valence-electron chi connectivity index (χ0n) is 15.1. The Hall–Kier alpha value is -1.13. The Morgan fingerprint density at radius 3 is 2.40 bits per heavy atom. The number of carbonyl (C=O) groups excluding carboxylic acids is 1. The molecule has 0 aromatic heterocycles. The van der Waals surface area contributed by atoms with Gasteiger partial charge in [0.25, 0.3) is 0 Å². The van der Waals surface area contributed by atoms with Crippen molar-refractivity contribution in [2.45, 2.75) is 51.5 Å². The van der Waals surface area contributed by atoms with E-state index >= 15 is 0 Å². The van der Waals surface area contributed by atoms with Gasteiger partial charge in [-0.3, -0.25) is 9.69 Å². The number of amides is 1. The highest BCUT2D eigenvalue weighted by Gasteiger charge is 2.32. The van der Waals surface area contributed by atoms with E-state index in [-0.39, 0.29) is 24.3 Å². The number of likely N-dealkylation sites (tertiary alicyclic amines) is 2. The van der Waals surface area contributed by atoms with E-state index in [9.17, 15) is 9.18 Å². The van der Waals surface area contributed by atoms with E-state index < -0.39 is 0 Å². The zero-order chi connectivity index (χ0) is 16.9. The van der Waals surface area contributed by atoms with Crippen molar-refractivity contribution in [2.75, 3.05) is 26.2 Å². The monoisotopic (exact) mass is 368 g/mol. The van der Waals surface area contributed by atoms with Gasteiger partial charge in [0.05, 0.1) is 6.04 Å². The molecule has 0 N–H and O–H groups in total. The van der Waals surface area contributed by atoms with Crippen LogP contribution in [0.2, 0.25) is 0 Å². The number of benzene rings is 1. The number of hydrogen-bond acceptors (Lipinski definition) is 2. The van der Waals surface area contributed by atoms with Gasteiger partial charge in [0.1, 0.15) is 5.82 Å². The minimum absolute atomic E-state index is 0. The van der Waals surface area contributed by atoms with Crippen LogP contribution in [0.1, 0.15) is 44.6 Å². The van der Waals surface area contributed by atoms with Gasteiger partial charge in [-0.1, -0.05) is 25.5 Å². The lowest BCUT2D eigenvalue weighted by atomic mass is 9.89. The van der Waals surface area contributed by atoms with Crippen LogP contribution in [0, 0.1) is 11.7 Å². The Balaban J connectivity index is 0.00000225. The van der Waals surface area contributed by atoms with Crippen LogP contribution in [0.4, 0.5) is 4.39 Å². The van der Waals surface area contributed by atoms with Crippen molar-refractivity contribution < 1.29 is 9.18 Å². The minimum atomic E-state index is -0.174. The summed E-state index contributed by atoms with van der Waals surface area (Å²) in [7, 11) is 0.